The van der Waals surface area contributed by atoms with E-state index in [9.17, 15) is 0 Å². The Balaban J connectivity index is 2.04. The van der Waals surface area contributed by atoms with Crippen LogP contribution in [0.3, 0.4) is 0 Å². The molecular formula is C10H7Cl3N2S. The summed E-state index contributed by atoms with van der Waals surface area (Å²) >= 11 is 18.9. The Morgan fingerprint density at radius 2 is 1.81 bits per heavy atom. The highest BCUT2D eigenvalue weighted by Gasteiger charge is 2.01. The predicted octanol–water partition coefficient (Wildman–Crippen LogP) is 4.72. The number of hydrogen-bond acceptors (Lipinski definition) is 3. The summed E-state index contributed by atoms with van der Waals surface area (Å²) in [6.07, 6.45) is 1.74. The first-order valence-corrected chi connectivity index (χ1v) is 6.39. The van der Waals surface area contributed by atoms with E-state index in [4.69, 9.17) is 34.8 Å². The van der Waals surface area contributed by atoms with Gasteiger partial charge in [0.25, 0.3) is 0 Å². The van der Waals surface area contributed by atoms with Crippen LogP contribution in [0.4, 0.5) is 5.69 Å². The maximum atomic E-state index is 5.88. The topological polar surface area (TPSA) is 24.9 Å². The minimum Gasteiger partial charge on any atom is -0.380 e. The highest BCUT2D eigenvalue weighted by Crippen LogP contribution is 2.24. The molecule has 0 unspecified atom stereocenters. The van der Waals surface area contributed by atoms with Crippen molar-refractivity contribution in [2.45, 2.75) is 6.54 Å². The van der Waals surface area contributed by atoms with Crippen LogP contribution in [-0.2, 0) is 6.54 Å². The Morgan fingerprint density at radius 1 is 1.12 bits per heavy atom. The fourth-order valence-electron chi connectivity index (χ4n) is 1.21. The average Bonchev–Trinajstić information content (AvgIpc) is 2.60. The number of aromatic nitrogens is 1. The lowest BCUT2D eigenvalue weighted by Crippen LogP contribution is -1.97. The molecule has 6 heteroatoms. The third-order valence-electron chi connectivity index (χ3n) is 1.85. The van der Waals surface area contributed by atoms with Crippen LogP contribution in [0.2, 0.25) is 14.5 Å². The highest BCUT2D eigenvalue weighted by atomic mass is 35.5. The largest absolute Gasteiger partial charge is 0.380 e. The number of hydrogen-bond donors (Lipinski definition) is 1. The maximum Gasteiger partial charge on any atom is 0.183 e. The monoisotopic (exact) mass is 292 g/mol. The number of benzene rings is 1. The fourth-order valence-corrected chi connectivity index (χ4v) is 2.65. The summed E-state index contributed by atoms with van der Waals surface area (Å²) in [7, 11) is 0. The minimum atomic E-state index is 0.543. The van der Waals surface area contributed by atoms with E-state index in [2.05, 4.69) is 10.3 Å². The second kappa shape index (κ2) is 5.23. The number of nitrogens with zero attached hydrogens (tertiary/aromatic N) is 1. The molecule has 1 aromatic heterocycles. The second-order valence-corrected chi connectivity index (χ2v) is 5.66. The van der Waals surface area contributed by atoms with Crippen LogP contribution in [0.15, 0.2) is 24.4 Å². The lowest BCUT2D eigenvalue weighted by Gasteiger charge is -2.05. The molecule has 16 heavy (non-hydrogen) atoms. The fraction of sp³-hybridized carbons (Fsp3) is 0.100. The van der Waals surface area contributed by atoms with Crippen LogP contribution in [0.25, 0.3) is 0 Å². The molecule has 2 nitrogen and oxygen atoms in total. The van der Waals surface area contributed by atoms with E-state index in [0.29, 0.717) is 21.1 Å². The summed E-state index contributed by atoms with van der Waals surface area (Å²) < 4.78 is 0.543. The molecule has 0 amide bonds. The summed E-state index contributed by atoms with van der Waals surface area (Å²) in [6, 6.07) is 5.32. The number of nitrogens with one attached hydrogen (secondary N) is 1. The zero-order valence-electron chi connectivity index (χ0n) is 8.01. The van der Waals surface area contributed by atoms with Crippen LogP contribution < -0.4 is 5.32 Å². The van der Waals surface area contributed by atoms with E-state index >= 15 is 0 Å². The summed E-state index contributed by atoms with van der Waals surface area (Å²) in [4.78, 5) is 5.01. The Hall–Kier alpha value is -0.480. The first kappa shape index (κ1) is 12.0. The lowest BCUT2D eigenvalue weighted by molar-refractivity contribution is 1.17. The molecule has 0 spiro atoms. The smallest absolute Gasteiger partial charge is 0.183 e. The number of rotatable bonds is 3. The van der Waals surface area contributed by atoms with Crippen LogP contribution in [-0.4, -0.2) is 4.98 Å². The van der Waals surface area contributed by atoms with E-state index < -0.39 is 0 Å². The summed E-state index contributed by atoms with van der Waals surface area (Å²) in [5.41, 5.74) is 0.877. The van der Waals surface area contributed by atoms with Crippen molar-refractivity contribution in [1.29, 1.82) is 0 Å². The summed E-state index contributed by atoms with van der Waals surface area (Å²) in [5.74, 6) is 0. The molecule has 2 aromatic rings. The minimum absolute atomic E-state index is 0.543. The van der Waals surface area contributed by atoms with Crippen LogP contribution >= 0.6 is 46.1 Å². The Morgan fingerprint density at radius 3 is 2.38 bits per heavy atom. The summed E-state index contributed by atoms with van der Waals surface area (Å²) in [6.45, 7) is 0.654. The SMILES string of the molecule is Clc1cc(Cl)cc(NCc2cnc(Cl)s2)c1. The Kier molecular flexibility index (Phi) is 3.92. The average molecular weight is 294 g/mol. The van der Waals surface area contributed by atoms with Gasteiger partial charge in [-0.2, -0.15) is 0 Å². The van der Waals surface area contributed by atoms with Crippen molar-refractivity contribution in [3.63, 3.8) is 0 Å². The van der Waals surface area contributed by atoms with Gasteiger partial charge >= 0.3 is 0 Å². The Labute approximate surface area is 112 Å². The standard InChI is InChI=1S/C10H7Cl3N2S/c11-6-1-7(12)3-8(2-6)14-4-9-5-15-10(13)16-9/h1-3,5,14H,4H2. The van der Waals surface area contributed by atoms with Crippen molar-refractivity contribution in [1.82, 2.24) is 4.98 Å². The zero-order valence-corrected chi connectivity index (χ0v) is 11.1. The molecule has 0 aliphatic heterocycles. The van der Waals surface area contributed by atoms with E-state index in [1.165, 1.54) is 11.3 Å². The van der Waals surface area contributed by atoms with Crippen molar-refractivity contribution in [3.05, 3.63) is 43.8 Å². The first-order chi connectivity index (χ1) is 7.63. The van der Waals surface area contributed by atoms with Gasteiger partial charge in [0.2, 0.25) is 0 Å². The van der Waals surface area contributed by atoms with Crippen molar-refractivity contribution in [2.24, 2.45) is 0 Å². The van der Waals surface area contributed by atoms with Gasteiger partial charge in [0, 0.05) is 26.8 Å². The molecule has 1 aromatic carbocycles. The van der Waals surface area contributed by atoms with Crippen molar-refractivity contribution >= 4 is 51.8 Å². The molecule has 0 atom stereocenters. The molecule has 0 aliphatic rings. The van der Waals surface area contributed by atoms with Gasteiger partial charge in [-0.25, -0.2) is 4.98 Å². The van der Waals surface area contributed by atoms with E-state index in [1.807, 2.05) is 12.1 Å². The van der Waals surface area contributed by atoms with Gasteiger partial charge in [-0.3, -0.25) is 0 Å². The second-order valence-electron chi connectivity index (χ2n) is 3.09. The lowest BCUT2D eigenvalue weighted by atomic mass is 10.3. The molecule has 1 N–H and O–H groups in total. The third kappa shape index (κ3) is 3.25. The van der Waals surface area contributed by atoms with Gasteiger partial charge in [0.05, 0.1) is 6.54 Å². The summed E-state index contributed by atoms with van der Waals surface area (Å²) in [5, 5.41) is 4.42. The maximum absolute atomic E-state index is 5.88. The highest BCUT2D eigenvalue weighted by molar-refractivity contribution is 7.15. The molecule has 2 rings (SSSR count). The molecule has 0 fully saturated rings. The predicted molar refractivity (Wildman–Crippen MR) is 70.9 cm³/mol. The van der Waals surface area contributed by atoms with Crippen LogP contribution in [0.5, 0.6) is 0 Å². The number of halogens is 3. The van der Waals surface area contributed by atoms with E-state index in [-0.39, 0.29) is 0 Å². The molecule has 0 saturated heterocycles. The Bertz CT molecular complexity index is 478. The normalized spacial score (nSPS) is 10.4. The van der Waals surface area contributed by atoms with Crippen LogP contribution in [0.1, 0.15) is 4.88 Å². The molecule has 0 aliphatic carbocycles. The first-order valence-electron chi connectivity index (χ1n) is 4.43. The van der Waals surface area contributed by atoms with E-state index in [1.54, 1.807) is 12.3 Å². The number of anilines is 1. The molecule has 0 saturated carbocycles. The van der Waals surface area contributed by atoms with Gasteiger partial charge in [0.15, 0.2) is 4.47 Å². The molecule has 1 heterocycles. The zero-order chi connectivity index (χ0) is 11.5. The molecular weight excluding hydrogens is 287 g/mol. The molecule has 0 bridgehead atoms. The van der Waals surface area contributed by atoms with Crippen molar-refractivity contribution in [2.75, 3.05) is 5.32 Å². The third-order valence-corrected chi connectivity index (χ3v) is 3.41. The van der Waals surface area contributed by atoms with Gasteiger partial charge in [0.1, 0.15) is 0 Å². The van der Waals surface area contributed by atoms with Gasteiger partial charge < -0.3 is 5.32 Å². The quantitative estimate of drug-likeness (QED) is 0.886. The van der Waals surface area contributed by atoms with Gasteiger partial charge in [-0.1, -0.05) is 34.8 Å². The van der Waals surface area contributed by atoms with Crippen molar-refractivity contribution < 1.29 is 0 Å². The van der Waals surface area contributed by atoms with Crippen LogP contribution in [0, 0.1) is 0 Å². The van der Waals surface area contributed by atoms with Crippen molar-refractivity contribution in [3.8, 4) is 0 Å². The molecule has 0 radical (unpaired) electrons. The number of thiazole rings is 1. The molecule has 84 valence electrons. The van der Waals surface area contributed by atoms with Gasteiger partial charge in [-0.15, -0.1) is 11.3 Å². The van der Waals surface area contributed by atoms with Gasteiger partial charge in [-0.05, 0) is 18.2 Å². The van der Waals surface area contributed by atoms with E-state index in [0.717, 1.165) is 10.6 Å².